The number of hydrogen-bond acceptors (Lipinski definition) is 3. The lowest BCUT2D eigenvalue weighted by molar-refractivity contribution is -0.117. The molecule has 18 heavy (non-hydrogen) atoms. The first-order chi connectivity index (χ1) is 8.52. The summed E-state index contributed by atoms with van der Waals surface area (Å²) >= 11 is 0. The maximum Gasteiger partial charge on any atom is 0.240 e. The van der Waals surface area contributed by atoms with E-state index in [4.69, 9.17) is 5.73 Å². The predicted octanol–water partition coefficient (Wildman–Crippen LogP) is 0.599. The maximum absolute atomic E-state index is 13.6. The minimum absolute atomic E-state index is 0.00147. The molecule has 1 aliphatic rings. The summed E-state index contributed by atoms with van der Waals surface area (Å²) in [6.07, 6.45) is 0.00147. The van der Waals surface area contributed by atoms with E-state index in [0.29, 0.717) is 6.07 Å². The Labute approximate surface area is 102 Å². The molecule has 5 nitrogen and oxygen atoms in total. The van der Waals surface area contributed by atoms with Crippen molar-refractivity contribution in [2.45, 2.75) is 6.42 Å². The van der Waals surface area contributed by atoms with Crippen molar-refractivity contribution in [2.24, 2.45) is 5.73 Å². The van der Waals surface area contributed by atoms with Gasteiger partial charge in [0, 0.05) is 19.0 Å². The second kappa shape index (κ2) is 4.69. The lowest BCUT2D eigenvalue weighted by atomic mass is 10.2. The molecular formula is C11H11F2N3O2. The fourth-order valence-electron chi connectivity index (χ4n) is 1.80. The molecule has 0 aromatic heterocycles. The SMILES string of the molecule is NCC(=O)N1CCC(=O)Nc2c(F)cc(F)cc21. The number of fused-ring (bicyclic) bond motifs is 1. The van der Waals surface area contributed by atoms with Crippen LogP contribution in [0, 0.1) is 11.6 Å². The van der Waals surface area contributed by atoms with Crippen LogP contribution in [0.5, 0.6) is 0 Å². The Morgan fingerprint density at radius 1 is 1.44 bits per heavy atom. The first-order valence-corrected chi connectivity index (χ1v) is 5.32. The molecule has 0 atom stereocenters. The highest BCUT2D eigenvalue weighted by Gasteiger charge is 2.26. The highest BCUT2D eigenvalue weighted by atomic mass is 19.1. The van der Waals surface area contributed by atoms with Crippen molar-refractivity contribution in [1.82, 2.24) is 0 Å². The summed E-state index contributed by atoms with van der Waals surface area (Å²) in [6, 6.07) is 1.65. The molecule has 96 valence electrons. The first-order valence-electron chi connectivity index (χ1n) is 5.32. The van der Waals surface area contributed by atoms with Gasteiger partial charge in [0.25, 0.3) is 0 Å². The highest BCUT2D eigenvalue weighted by Crippen LogP contribution is 2.32. The third-order valence-electron chi connectivity index (χ3n) is 2.63. The lowest BCUT2D eigenvalue weighted by Crippen LogP contribution is -2.36. The van der Waals surface area contributed by atoms with E-state index in [9.17, 15) is 18.4 Å². The minimum atomic E-state index is -0.921. The standard InChI is InChI=1S/C11H11F2N3O2/c12-6-3-7(13)11-8(4-6)16(10(18)5-14)2-1-9(17)15-11/h3-4H,1-2,5,14H2,(H,15,17). The van der Waals surface area contributed by atoms with E-state index in [0.717, 1.165) is 11.0 Å². The van der Waals surface area contributed by atoms with Crippen LogP contribution in [0.15, 0.2) is 12.1 Å². The summed E-state index contributed by atoms with van der Waals surface area (Å²) in [4.78, 5) is 24.1. The average Bonchev–Trinajstić information content (AvgIpc) is 2.48. The Morgan fingerprint density at radius 2 is 2.17 bits per heavy atom. The molecule has 2 amide bonds. The number of benzene rings is 1. The fraction of sp³-hybridized carbons (Fsp3) is 0.273. The van der Waals surface area contributed by atoms with E-state index in [1.54, 1.807) is 0 Å². The molecule has 1 heterocycles. The molecule has 0 bridgehead atoms. The summed E-state index contributed by atoms with van der Waals surface area (Å²) in [5, 5.41) is 2.31. The van der Waals surface area contributed by atoms with Crippen LogP contribution >= 0.6 is 0 Å². The van der Waals surface area contributed by atoms with Gasteiger partial charge in [0.05, 0.1) is 12.2 Å². The molecule has 7 heteroatoms. The predicted molar refractivity (Wildman–Crippen MR) is 61.0 cm³/mol. The number of nitrogens with zero attached hydrogens (tertiary/aromatic N) is 1. The van der Waals surface area contributed by atoms with Gasteiger partial charge in [-0.05, 0) is 6.07 Å². The van der Waals surface area contributed by atoms with Gasteiger partial charge in [-0.3, -0.25) is 9.59 Å². The van der Waals surface area contributed by atoms with E-state index in [1.807, 2.05) is 0 Å². The number of amides is 2. The zero-order chi connectivity index (χ0) is 13.3. The number of carbonyl (C=O) groups excluding carboxylic acids is 2. The van der Waals surface area contributed by atoms with E-state index in [1.165, 1.54) is 0 Å². The third kappa shape index (κ3) is 2.17. The van der Waals surface area contributed by atoms with Crippen molar-refractivity contribution in [3.05, 3.63) is 23.8 Å². The van der Waals surface area contributed by atoms with E-state index >= 15 is 0 Å². The van der Waals surface area contributed by atoms with Crippen LogP contribution in [0.1, 0.15) is 6.42 Å². The lowest BCUT2D eigenvalue weighted by Gasteiger charge is -2.21. The molecule has 0 spiro atoms. The first kappa shape index (κ1) is 12.4. The molecule has 1 aromatic carbocycles. The van der Waals surface area contributed by atoms with Gasteiger partial charge in [-0.15, -0.1) is 0 Å². The number of nitrogens with two attached hydrogens (primary N) is 1. The van der Waals surface area contributed by atoms with Gasteiger partial charge < -0.3 is 16.0 Å². The normalized spacial score (nSPS) is 14.8. The number of halogens is 2. The van der Waals surface area contributed by atoms with Gasteiger partial charge in [0.1, 0.15) is 11.5 Å². The average molecular weight is 255 g/mol. The van der Waals surface area contributed by atoms with E-state index in [2.05, 4.69) is 5.32 Å². The molecule has 0 radical (unpaired) electrons. The van der Waals surface area contributed by atoms with Gasteiger partial charge in [-0.2, -0.15) is 0 Å². The van der Waals surface area contributed by atoms with Crippen LogP contribution in [0.4, 0.5) is 20.2 Å². The fourth-order valence-corrected chi connectivity index (χ4v) is 1.80. The molecule has 0 saturated carbocycles. The van der Waals surface area contributed by atoms with E-state index in [-0.39, 0.29) is 30.9 Å². The summed E-state index contributed by atoms with van der Waals surface area (Å²) in [6.45, 7) is -0.260. The summed E-state index contributed by atoms with van der Waals surface area (Å²) in [5.41, 5.74) is 5.04. The molecule has 0 unspecified atom stereocenters. The van der Waals surface area contributed by atoms with Crippen LogP contribution < -0.4 is 16.0 Å². The number of hydrogen-bond donors (Lipinski definition) is 2. The summed E-state index contributed by atoms with van der Waals surface area (Å²) < 4.78 is 26.8. The Hall–Kier alpha value is -2.02. The van der Waals surface area contributed by atoms with Crippen LogP contribution in [0.2, 0.25) is 0 Å². The van der Waals surface area contributed by atoms with Crippen molar-refractivity contribution >= 4 is 23.2 Å². The van der Waals surface area contributed by atoms with Crippen molar-refractivity contribution < 1.29 is 18.4 Å². The number of rotatable bonds is 1. The smallest absolute Gasteiger partial charge is 0.240 e. The molecule has 1 aromatic rings. The number of nitrogens with one attached hydrogen (secondary N) is 1. The monoisotopic (exact) mass is 255 g/mol. The van der Waals surface area contributed by atoms with Crippen LogP contribution in [-0.2, 0) is 9.59 Å². The van der Waals surface area contributed by atoms with Crippen LogP contribution in [0.25, 0.3) is 0 Å². The molecule has 0 saturated heterocycles. The molecule has 2 rings (SSSR count). The highest BCUT2D eigenvalue weighted by molar-refractivity contribution is 6.04. The molecule has 3 N–H and O–H groups in total. The molecule has 0 aliphatic carbocycles. The zero-order valence-corrected chi connectivity index (χ0v) is 9.37. The van der Waals surface area contributed by atoms with Gasteiger partial charge >= 0.3 is 0 Å². The van der Waals surface area contributed by atoms with Gasteiger partial charge in [-0.25, -0.2) is 8.78 Å². The quantitative estimate of drug-likeness (QED) is 0.771. The van der Waals surface area contributed by atoms with Crippen molar-refractivity contribution in [3.63, 3.8) is 0 Å². The largest absolute Gasteiger partial charge is 0.322 e. The number of anilines is 2. The Bertz CT molecular complexity index is 519. The molecular weight excluding hydrogens is 244 g/mol. The van der Waals surface area contributed by atoms with Gasteiger partial charge in [0.2, 0.25) is 11.8 Å². The molecule has 0 fully saturated rings. The van der Waals surface area contributed by atoms with Gasteiger partial charge in [0.15, 0.2) is 5.82 Å². The van der Waals surface area contributed by atoms with Crippen LogP contribution in [0.3, 0.4) is 0 Å². The second-order valence-electron chi connectivity index (χ2n) is 3.83. The van der Waals surface area contributed by atoms with E-state index < -0.39 is 23.4 Å². The van der Waals surface area contributed by atoms with Crippen molar-refractivity contribution in [2.75, 3.05) is 23.3 Å². The minimum Gasteiger partial charge on any atom is -0.322 e. The van der Waals surface area contributed by atoms with Gasteiger partial charge in [-0.1, -0.05) is 0 Å². The Morgan fingerprint density at radius 3 is 2.83 bits per heavy atom. The number of carbonyl (C=O) groups is 2. The van der Waals surface area contributed by atoms with Crippen LogP contribution in [-0.4, -0.2) is 24.9 Å². The zero-order valence-electron chi connectivity index (χ0n) is 9.37. The Kier molecular flexibility index (Phi) is 3.24. The topological polar surface area (TPSA) is 75.4 Å². The second-order valence-corrected chi connectivity index (χ2v) is 3.83. The van der Waals surface area contributed by atoms with Crippen molar-refractivity contribution in [1.29, 1.82) is 0 Å². The summed E-state index contributed by atoms with van der Waals surface area (Å²) in [7, 11) is 0. The maximum atomic E-state index is 13.6. The van der Waals surface area contributed by atoms with Crippen molar-refractivity contribution in [3.8, 4) is 0 Å². The Balaban J connectivity index is 2.56. The third-order valence-corrected chi connectivity index (χ3v) is 2.63. The summed E-state index contributed by atoms with van der Waals surface area (Å²) in [5.74, 6) is -2.68. The molecule has 1 aliphatic heterocycles.